The number of piperidine rings is 1. The Hall–Kier alpha value is -2.34. The molecule has 1 fully saturated rings. The molecule has 0 saturated carbocycles. The van der Waals surface area contributed by atoms with Gasteiger partial charge in [-0.3, -0.25) is 4.79 Å². The van der Waals surface area contributed by atoms with Crippen molar-refractivity contribution in [3.05, 3.63) is 48.0 Å². The van der Waals surface area contributed by atoms with Crippen molar-refractivity contribution in [2.24, 2.45) is 0 Å². The molecule has 0 radical (unpaired) electrons. The summed E-state index contributed by atoms with van der Waals surface area (Å²) in [5, 5.41) is 0. The molecule has 1 aromatic carbocycles. The molecule has 1 aliphatic heterocycles. The van der Waals surface area contributed by atoms with E-state index in [2.05, 4.69) is 63.9 Å². The van der Waals surface area contributed by atoms with Crippen molar-refractivity contribution in [1.29, 1.82) is 0 Å². The summed E-state index contributed by atoms with van der Waals surface area (Å²) < 4.78 is 2.25. The number of likely N-dealkylation sites (tertiary alicyclic amines) is 1. The fourth-order valence-electron chi connectivity index (χ4n) is 3.79. The summed E-state index contributed by atoms with van der Waals surface area (Å²) in [5.41, 5.74) is 2.23. The van der Waals surface area contributed by atoms with E-state index in [4.69, 9.17) is 0 Å². The van der Waals surface area contributed by atoms with E-state index in [1.165, 1.54) is 0 Å². The van der Waals surface area contributed by atoms with Crippen LogP contribution in [-0.2, 0) is 17.8 Å². The summed E-state index contributed by atoms with van der Waals surface area (Å²) in [6, 6.07) is 8.26. The minimum absolute atomic E-state index is 0.216. The van der Waals surface area contributed by atoms with E-state index in [0.717, 1.165) is 56.1 Å². The number of amides is 1. The average molecular weight is 384 g/mol. The monoisotopic (exact) mass is 383 g/mol. The number of anilines is 1. The highest BCUT2D eigenvalue weighted by molar-refractivity contribution is 5.79. The van der Waals surface area contributed by atoms with E-state index in [9.17, 15) is 4.79 Å². The lowest BCUT2D eigenvalue weighted by Crippen LogP contribution is -2.40. The standard InChI is InChI=1S/C22H33N5O/c1-24(2)14-15-26-13-11-23-22(26)19-6-5-12-27(17-19)21(28)16-18-7-9-20(10-8-18)25(3)4/h7-11,13,19H,5-6,12,14-17H2,1-4H3/t19-/m0/s1. The molecule has 0 N–H and O–H groups in total. The highest BCUT2D eigenvalue weighted by Gasteiger charge is 2.27. The molecule has 1 aliphatic rings. The van der Waals surface area contributed by atoms with E-state index in [1.54, 1.807) is 0 Å². The molecule has 0 unspecified atom stereocenters. The largest absolute Gasteiger partial charge is 0.378 e. The SMILES string of the molecule is CN(C)CCn1ccnc1[C@H]1CCCN(C(=O)Cc2ccc(N(C)C)cc2)C1. The number of hydrogen-bond acceptors (Lipinski definition) is 4. The molecule has 0 bridgehead atoms. The summed E-state index contributed by atoms with van der Waals surface area (Å²) in [5.74, 6) is 1.66. The number of benzene rings is 1. The fourth-order valence-corrected chi connectivity index (χ4v) is 3.79. The van der Waals surface area contributed by atoms with Crippen LogP contribution in [0.25, 0.3) is 0 Å². The van der Waals surface area contributed by atoms with E-state index in [1.807, 2.05) is 25.2 Å². The minimum atomic E-state index is 0.216. The Morgan fingerprint density at radius 2 is 1.93 bits per heavy atom. The van der Waals surface area contributed by atoms with Gasteiger partial charge in [0, 0.05) is 64.3 Å². The van der Waals surface area contributed by atoms with Gasteiger partial charge in [0.2, 0.25) is 5.91 Å². The molecule has 3 rings (SSSR count). The van der Waals surface area contributed by atoms with Gasteiger partial charge in [0.15, 0.2) is 0 Å². The third kappa shape index (κ3) is 5.13. The van der Waals surface area contributed by atoms with Gasteiger partial charge in [-0.1, -0.05) is 12.1 Å². The third-order valence-corrected chi connectivity index (χ3v) is 5.48. The molecule has 0 spiro atoms. The highest BCUT2D eigenvalue weighted by Crippen LogP contribution is 2.26. The van der Waals surface area contributed by atoms with E-state index < -0.39 is 0 Å². The molecule has 6 heteroatoms. The number of rotatable bonds is 7. The number of hydrogen-bond donors (Lipinski definition) is 0. The maximum atomic E-state index is 12.9. The molecule has 28 heavy (non-hydrogen) atoms. The molecule has 152 valence electrons. The topological polar surface area (TPSA) is 44.6 Å². The number of imidazole rings is 1. The molecule has 1 atom stereocenters. The lowest BCUT2D eigenvalue weighted by molar-refractivity contribution is -0.131. The molecule has 1 aromatic heterocycles. The van der Waals surface area contributed by atoms with Gasteiger partial charge >= 0.3 is 0 Å². The smallest absolute Gasteiger partial charge is 0.227 e. The molecule has 2 aromatic rings. The van der Waals surface area contributed by atoms with Gasteiger partial charge in [-0.2, -0.15) is 0 Å². The quantitative estimate of drug-likeness (QED) is 0.737. The van der Waals surface area contributed by atoms with Crippen molar-refractivity contribution in [2.45, 2.75) is 31.7 Å². The molecular weight excluding hydrogens is 350 g/mol. The molecule has 0 aliphatic carbocycles. The number of aromatic nitrogens is 2. The summed E-state index contributed by atoms with van der Waals surface area (Å²) >= 11 is 0. The summed E-state index contributed by atoms with van der Waals surface area (Å²) in [7, 11) is 8.22. The van der Waals surface area contributed by atoms with Gasteiger partial charge in [0.1, 0.15) is 5.82 Å². The summed E-state index contributed by atoms with van der Waals surface area (Å²) in [6.45, 7) is 3.55. The van der Waals surface area contributed by atoms with Crippen LogP contribution in [0.4, 0.5) is 5.69 Å². The lowest BCUT2D eigenvalue weighted by Gasteiger charge is -2.33. The van der Waals surface area contributed by atoms with Crippen molar-refractivity contribution in [2.75, 3.05) is 52.7 Å². The van der Waals surface area contributed by atoms with Crippen LogP contribution in [0.5, 0.6) is 0 Å². The van der Waals surface area contributed by atoms with Crippen LogP contribution in [0.15, 0.2) is 36.7 Å². The Morgan fingerprint density at radius 1 is 1.18 bits per heavy atom. The van der Waals surface area contributed by atoms with Crippen molar-refractivity contribution in [3.63, 3.8) is 0 Å². The second kappa shape index (κ2) is 9.24. The van der Waals surface area contributed by atoms with Gasteiger partial charge < -0.3 is 19.3 Å². The van der Waals surface area contributed by atoms with Gasteiger partial charge in [-0.05, 0) is 44.6 Å². The first-order valence-electron chi connectivity index (χ1n) is 10.1. The molecule has 2 heterocycles. The minimum Gasteiger partial charge on any atom is -0.378 e. The number of likely N-dealkylation sites (N-methyl/N-ethyl adjacent to an activating group) is 1. The highest BCUT2D eigenvalue weighted by atomic mass is 16.2. The zero-order valence-electron chi connectivity index (χ0n) is 17.6. The Morgan fingerprint density at radius 3 is 2.61 bits per heavy atom. The number of carbonyl (C=O) groups is 1. The van der Waals surface area contributed by atoms with Crippen LogP contribution in [0.3, 0.4) is 0 Å². The van der Waals surface area contributed by atoms with Gasteiger partial charge in [-0.25, -0.2) is 4.98 Å². The number of nitrogens with zero attached hydrogens (tertiary/aromatic N) is 5. The van der Waals surface area contributed by atoms with Crippen molar-refractivity contribution in [3.8, 4) is 0 Å². The van der Waals surface area contributed by atoms with Crippen LogP contribution in [0, 0.1) is 0 Å². The van der Waals surface area contributed by atoms with Gasteiger partial charge in [0.25, 0.3) is 0 Å². The maximum absolute atomic E-state index is 12.9. The lowest BCUT2D eigenvalue weighted by atomic mass is 9.96. The average Bonchev–Trinajstić information content (AvgIpc) is 3.15. The zero-order chi connectivity index (χ0) is 20.1. The Bertz CT molecular complexity index is 765. The Labute approximate surface area is 168 Å². The molecule has 1 amide bonds. The van der Waals surface area contributed by atoms with E-state index >= 15 is 0 Å². The van der Waals surface area contributed by atoms with Crippen LogP contribution < -0.4 is 4.90 Å². The predicted molar refractivity (Wildman–Crippen MR) is 114 cm³/mol. The van der Waals surface area contributed by atoms with E-state index in [-0.39, 0.29) is 5.91 Å². The van der Waals surface area contributed by atoms with Gasteiger partial charge in [0.05, 0.1) is 6.42 Å². The van der Waals surface area contributed by atoms with Gasteiger partial charge in [-0.15, -0.1) is 0 Å². The van der Waals surface area contributed by atoms with Crippen LogP contribution in [0.1, 0.15) is 30.1 Å². The second-order valence-electron chi connectivity index (χ2n) is 8.20. The van der Waals surface area contributed by atoms with Crippen molar-refractivity contribution in [1.82, 2.24) is 19.4 Å². The first kappa shape index (κ1) is 20.4. The van der Waals surface area contributed by atoms with Crippen molar-refractivity contribution >= 4 is 11.6 Å². The zero-order valence-corrected chi connectivity index (χ0v) is 17.6. The molecule has 1 saturated heterocycles. The fraction of sp³-hybridized carbons (Fsp3) is 0.545. The third-order valence-electron chi connectivity index (χ3n) is 5.48. The predicted octanol–water partition coefficient (Wildman–Crippen LogP) is 2.46. The Kier molecular flexibility index (Phi) is 6.73. The maximum Gasteiger partial charge on any atom is 0.227 e. The summed E-state index contributed by atoms with van der Waals surface area (Å²) in [4.78, 5) is 23.8. The molecular formula is C22H33N5O. The van der Waals surface area contributed by atoms with Crippen LogP contribution >= 0.6 is 0 Å². The van der Waals surface area contributed by atoms with Crippen molar-refractivity contribution < 1.29 is 4.79 Å². The Balaban J connectivity index is 1.61. The van der Waals surface area contributed by atoms with E-state index in [0.29, 0.717) is 12.3 Å². The second-order valence-corrected chi connectivity index (χ2v) is 8.20. The summed E-state index contributed by atoms with van der Waals surface area (Å²) in [6.07, 6.45) is 6.55. The first-order valence-corrected chi connectivity index (χ1v) is 10.1. The number of carbonyl (C=O) groups excluding carboxylic acids is 1. The first-order chi connectivity index (χ1) is 13.4. The van der Waals surface area contributed by atoms with Crippen LogP contribution in [0.2, 0.25) is 0 Å². The van der Waals surface area contributed by atoms with Crippen LogP contribution in [-0.4, -0.2) is 73.1 Å². The molecule has 6 nitrogen and oxygen atoms in total. The normalized spacial score (nSPS) is 17.2.